The van der Waals surface area contributed by atoms with Gasteiger partial charge in [-0.3, -0.25) is 10.1 Å². The van der Waals surface area contributed by atoms with Gasteiger partial charge in [0.25, 0.3) is 0 Å². The Morgan fingerprint density at radius 1 is 1.64 bits per heavy atom. The quantitative estimate of drug-likeness (QED) is 0.614. The fraction of sp³-hybridized carbons (Fsp3) is 0.125. The molecule has 6 heteroatoms. The Bertz CT molecular complexity index is 400. The Balaban J connectivity index is 3.10. The standard InChI is InChI=1S/C8H5BrN2O3/c9-6-2-1-3-7(11(12)13)8(6)14-5-4-10/h1-3H,5H2. The number of halogens is 1. The van der Waals surface area contributed by atoms with Crippen molar-refractivity contribution < 1.29 is 9.66 Å². The maximum atomic E-state index is 10.6. The largest absolute Gasteiger partial charge is 0.471 e. The van der Waals surface area contributed by atoms with Crippen LogP contribution < -0.4 is 4.74 Å². The summed E-state index contributed by atoms with van der Waals surface area (Å²) in [5.41, 5.74) is -0.158. The molecule has 0 fully saturated rings. The lowest BCUT2D eigenvalue weighted by atomic mass is 10.3. The summed E-state index contributed by atoms with van der Waals surface area (Å²) in [6.45, 7) is -0.219. The minimum Gasteiger partial charge on any atom is -0.471 e. The van der Waals surface area contributed by atoms with Crippen molar-refractivity contribution in [2.24, 2.45) is 0 Å². The number of para-hydroxylation sites is 1. The normalized spacial score (nSPS) is 9.14. The van der Waals surface area contributed by atoms with Crippen LogP contribution in [0.25, 0.3) is 0 Å². The van der Waals surface area contributed by atoms with Crippen molar-refractivity contribution in [2.75, 3.05) is 6.61 Å². The third-order valence-corrected chi connectivity index (χ3v) is 2.05. The molecule has 0 radical (unpaired) electrons. The molecular formula is C8H5BrN2O3. The van der Waals surface area contributed by atoms with E-state index in [4.69, 9.17) is 10.00 Å². The molecule has 0 atom stereocenters. The molecule has 5 nitrogen and oxygen atoms in total. The van der Waals surface area contributed by atoms with Gasteiger partial charge in [-0.1, -0.05) is 6.07 Å². The average Bonchev–Trinajstić information content (AvgIpc) is 2.15. The van der Waals surface area contributed by atoms with Crippen LogP contribution >= 0.6 is 15.9 Å². The highest BCUT2D eigenvalue weighted by Gasteiger charge is 2.17. The summed E-state index contributed by atoms with van der Waals surface area (Å²) in [5, 5.41) is 18.8. The number of nitriles is 1. The van der Waals surface area contributed by atoms with Crippen molar-refractivity contribution >= 4 is 21.6 Å². The number of ether oxygens (including phenoxy) is 1. The van der Waals surface area contributed by atoms with Crippen LogP contribution in [0, 0.1) is 21.4 Å². The van der Waals surface area contributed by atoms with E-state index in [2.05, 4.69) is 15.9 Å². The zero-order valence-corrected chi connectivity index (χ0v) is 8.52. The summed E-state index contributed by atoms with van der Waals surface area (Å²) in [7, 11) is 0. The van der Waals surface area contributed by atoms with Gasteiger partial charge in [0.05, 0.1) is 9.40 Å². The first-order valence-corrected chi connectivity index (χ1v) is 4.38. The van der Waals surface area contributed by atoms with Gasteiger partial charge in [-0.15, -0.1) is 0 Å². The Labute approximate surface area is 88.2 Å². The second kappa shape index (κ2) is 4.58. The lowest BCUT2D eigenvalue weighted by Gasteiger charge is -2.04. The molecule has 0 heterocycles. The molecule has 0 aliphatic carbocycles. The summed E-state index contributed by atoms with van der Waals surface area (Å²) >= 11 is 3.11. The number of rotatable bonds is 3. The molecule has 0 bridgehead atoms. The van der Waals surface area contributed by atoms with Gasteiger partial charge in [-0.25, -0.2) is 0 Å². The van der Waals surface area contributed by atoms with Crippen molar-refractivity contribution in [3.63, 3.8) is 0 Å². The first-order chi connectivity index (χ1) is 6.66. The van der Waals surface area contributed by atoms with Gasteiger partial charge < -0.3 is 4.74 Å². The molecule has 1 aromatic carbocycles. The van der Waals surface area contributed by atoms with Gasteiger partial charge in [0.1, 0.15) is 6.07 Å². The Kier molecular flexibility index (Phi) is 3.42. The molecule has 0 amide bonds. The number of nitro benzene ring substituents is 1. The van der Waals surface area contributed by atoms with E-state index in [9.17, 15) is 10.1 Å². The number of hydrogen-bond acceptors (Lipinski definition) is 4. The number of nitrogens with zero attached hydrogens (tertiary/aromatic N) is 2. The molecule has 1 rings (SSSR count). The van der Waals surface area contributed by atoms with E-state index in [1.165, 1.54) is 12.1 Å². The van der Waals surface area contributed by atoms with Crippen LogP contribution in [0.5, 0.6) is 5.75 Å². The fourth-order valence-corrected chi connectivity index (χ4v) is 1.36. The third kappa shape index (κ3) is 2.20. The van der Waals surface area contributed by atoms with E-state index in [0.29, 0.717) is 4.47 Å². The molecule has 14 heavy (non-hydrogen) atoms. The zero-order chi connectivity index (χ0) is 10.6. The van der Waals surface area contributed by atoms with Crippen molar-refractivity contribution in [2.45, 2.75) is 0 Å². The van der Waals surface area contributed by atoms with Gasteiger partial charge in [-0.2, -0.15) is 5.26 Å². The van der Waals surface area contributed by atoms with E-state index in [1.54, 1.807) is 12.1 Å². The smallest absolute Gasteiger partial charge is 0.312 e. The third-order valence-electron chi connectivity index (χ3n) is 1.42. The summed E-state index contributed by atoms with van der Waals surface area (Å²) in [4.78, 5) is 10.0. The monoisotopic (exact) mass is 256 g/mol. The lowest BCUT2D eigenvalue weighted by Crippen LogP contribution is -1.99. The van der Waals surface area contributed by atoms with E-state index in [1.807, 2.05) is 0 Å². The highest BCUT2D eigenvalue weighted by Crippen LogP contribution is 2.34. The molecule has 0 unspecified atom stereocenters. The SMILES string of the molecule is N#CCOc1c(Br)cccc1[N+](=O)[O-]. The van der Waals surface area contributed by atoms with Crippen LogP contribution in [-0.2, 0) is 0 Å². The van der Waals surface area contributed by atoms with Crippen molar-refractivity contribution in [1.29, 1.82) is 5.26 Å². The van der Waals surface area contributed by atoms with Crippen LogP contribution in [0.3, 0.4) is 0 Å². The van der Waals surface area contributed by atoms with Crippen LogP contribution in [0.15, 0.2) is 22.7 Å². The minimum absolute atomic E-state index is 0.0825. The van der Waals surface area contributed by atoms with Gasteiger partial charge in [0, 0.05) is 6.07 Å². The predicted octanol–water partition coefficient (Wildman–Crippen LogP) is 2.26. The number of benzene rings is 1. The van der Waals surface area contributed by atoms with E-state index >= 15 is 0 Å². The van der Waals surface area contributed by atoms with Gasteiger partial charge >= 0.3 is 5.69 Å². The second-order valence-electron chi connectivity index (χ2n) is 2.29. The van der Waals surface area contributed by atoms with E-state index in [-0.39, 0.29) is 18.0 Å². The highest BCUT2D eigenvalue weighted by molar-refractivity contribution is 9.10. The summed E-state index contributed by atoms with van der Waals surface area (Å²) < 4.78 is 5.39. The maximum Gasteiger partial charge on any atom is 0.312 e. The Hall–Kier alpha value is -1.61. The van der Waals surface area contributed by atoms with Crippen LogP contribution in [0.1, 0.15) is 0 Å². The average molecular weight is 257 g/mol. The molecule has 0 aromatic heterocycles. The molecule has 1 aromatic rings. The van der Waals surface area contributed by atoms with Crippen LogP contribution in [0.2, 0.25) is 0 Å². The summed E-state index contributed by atoms with van der Waals surface area (Å²) in [5.74, 6) is 0.0825. The highest BCUT2D eigenvalue weighted by atomic mass is 79.9. The molecular weight excluding hydrogens is 252 g/mol. The van der Waals surface area contributed by atoms with Gasteiger partial charge in [0.15, 0.2) is 6.61 Å². The first kappa shape index (κ1) is 10.5. The molecule has 0 saturated carbocycles. The van der Waals surface area contributed by atoms with Crippen molar-refractivity contribution in [3.8, 4) is 11.8 Å². The minimum atomic E-state index is -0.558. The predicted molar refractivity (Wildman–Crippen MR) is 51.9 cm³/mol. The van der Waals surface area contributed by atoms with Crippen LogP contribution in [-0.4, -0.2) is 11.5 Å². The summed E-state index contributed by atoms with van der Waals surface area (Å²) in [6.07, 6.45) is 0. The Morgan fingerprint density at radius 3 is 2.93 bits per heavy atom. The van der Waals surface area contributed by atoms with E-state index in [0.717, 1.165) is 0 Å². The number of nitro groups is 1. The Morgan fingerprint density at radius 2 is 2.36 bits per heavy atom. The fourth-order valence-electron chi connectivity index (χ4n) is 0.889. The van der Waals surface area contributed by atoms with Gasteiger partial charge in [0.2, 0.25) is 5.75 Å². The first-order valence-electron chi connectivity index (χ1n) is 3.59. The van der Waals surface area contributed by atoms with Crippen LogP contribution in [0.4, 0.5) is 5.69 Å². The van der Waals surface area contributed by atoms with Crippen molar-refractivity contribution in [1.82, 2.24) is 0 Å². The second-order valence-corrected chi connectivity index (χ2v) is 3.15. The molecule has 0 N–H and O–H groups in total. The topological polar surface area (TPSA) is 76.2 Å². The molecule has 0 spiro atoms. The maximum absolute atomic E-state index is 10.6. The van der Waals surface area contributed by atoms with Crippen molar-refractivity contribution in [3.05, 3.63) is 32.8 Å². The molecule has 0 saturated heterocycles. The molecule has 0 aliphatic rings. The number of hydrogen-bond donors (Lipinski definition) is 0. The lowest BCUT2D eigenvalue weighted by molar-refractivity contribution is -0.385. The zero-order valence-electron chi connectivity index (χ0n) is 6.94. The molecule has 72 valence electrons. The summed E-state index contributed by atoms with van der Waals surface area (Å²) in [6, 6.07) is 6.20. The van der Waals surface area contributed by atoms with E-state index < -0.39 is 4.92 Å². The van der Waals surface area contributed by atoms with Gasteiger partial charge in [-0.05, 0) is 22.0 Å². The molecule has 0 aliphatic heterocycles.